The standard InChI is InChI=1S/C22H23NO5/c1-14(2)13-27-19-9-8-15(11-20(19)26-3)10-16(12-21(24)25)22-23-17-6-4-5-7-18(17)28-22/h4-11,14H,12-13H2,1-3H3,(H,24,25)/p-1/b16-10+. The van der Waals surface area contributed by atoms with Gasteiger partial charge in [0.2, 0.25) is 5.89 Å². The molecular formula is C22H22NO5-. The van der Waals surface area contributed by atoms with Gasteiger partial charge in [0, 0.05) is 18.0 Å². The molecule has 0 bridgehead atoms. The lowest BCUT2D eigenvalue weighted by molar-refractivity contribution is -0.304. The first-order valence-corrected chi connectivity index (χ1v) is 9.03. The third-order valence-corrected chi connectivity index (χ3v) is 4.00. The van der Waals surface area contributed by atoms with Crippen molar-refractivity contribution < 1.29 is 23.8 Å². The van der Waals surface area contributed by atoms with Gasteiger partial charge in [0.1, 0.15) is 5.52 Å². The van der Waals surface area contributed by atoms with Crippen molar-refractivity contribution in [3.05, 3.63) is 53.9 Å². The first-order chi connectivity index (χ1) is 13.5. The predicted octanol–water partition coefficient (Wildman–Crippen LogP) is 3.55. The summed E-state index contributed by atoms with van der Waals surface area (Å²) in [5.41, 5.74) is 2.41. The van der Waals surface area contributed by atoms with Crippen LogP contribution >= 0.6 is 0 Å². The number of para-hydroxylation sites is 2. The number of benzene rings is 2. The van der Waals surface area contributed by atoms with Gasteiger partial charge in [0.15, 0.2) is 17.1 Å². The molecule has 3 rings (SSSR count). The lowest BCUT2D eigenvalue weighted by Crippen LogP contribution is -2.22. The maximum atomic E-state index is 11.2. The van der Waals surface area contributed by atoms with Crippen LogP contribution in [-0.2, 0) is 4.79 Å². The smallest absolute Gasteiger partial charge is 0.223 e. The highest BCUT2D eigenvalue weighted by Gasteiger charge is 2.13. The van der Waals surface area contributed by atoms with Crippen molar-refractivity contribution in [2.45, 2.75) is 20.3 Å². The summed E-state index contributed by atoms with van der Waals surface area (Å²) in [7, 11) is 1.56. The molecule has 1 aromatic heterocycles. The van der Waals surface area contributed by atoms with E-state index in [1.165, 1.54) is 0 Å². The zero-order valence-corrected chi connectivity index (χ0v) is 16.1. The van der Waals surface area contributed by atoms with Crippen LogP contribution in [0.4, 0.5) is 0 Å². The molecule has 1 heterocycles. The van der Waals surface area contributed by atoms with E-state index in [0.29, 0.717) is 40.7 Å². The number of hydrogen-bond acceptors (Lipinski definition) is 6. The van der Waals surface area contributed by atoms with E-state index in [4.69, 9.17) is 13.9 Å². The molecule has 0 saturated heterocycles. The van der Waals surface area contributed by atoms with Gasteiger partial charge in [-0.05, 0) is 41.8 Å². The van der Waals surface area contributed by atoms with E-state index in [-0.39, 0.29) is 12.3 Å². The van der Waals surface area contributed by atoms with Crippen LogP contribution in [0.15, 0.2) is 46.9 Å². The third kappa shape index (κ3) is 4.71. The molecule has 0 fully saturated rings. The van der Waals surface area contributed by atoms with Crippen molar-refractivity contribution in [1.29, 1.82) is 0 Å². The van der Waals surface area contributed by atoms with Gasteiger partial charge in [0.05, 0.1) is 13.7 Å². The zero-order chi connectivity index (χ0) is 20.1. The van der Waals surface area contributed by atoms with Crippen molar-refractivity contribution in [3.8, 4) is 11.5 Å². The van der Waals surface area contributed by atoms with Crippen molar-refractivity contribution in [2.75, 3.05) is 13.7 Å². The van der Waals surface area contributed by atoms with Gasteiger partial charge in [-0.3, -0.25) is 0 Å². The van der Waals surface area contributed by atoms with Crippen molar-refractivity contribution in [2.24, 2.45) is 5.92 Å². The van der Waals surface area contributed by atoms with Gasteiger partial charge in [-0.1, -0.05) is 32.0 Å². The van der Waals surface area contributed by atoms with Crippen LogP contribution in [-0.4, -0.2) is 24.7 Å². The maximum absolute atomic E-state index is 11.2. The number of carboxylic acid groups (broad SMARTS) is 1. The molecule has 28 heavy (non-hydrogen) atoms. The lowest BCUT2D eigenvalue weighted by atomic mass is 10.1. The molecule has 2 aromatic carbocycles. The summed E-state index contributed by atoms with van der Waals surface area (Å²) in [5.74, 6) is 0.636. The summed E-state index contributed by atoms with van der Waals surface area (Å²) >= 11 is 0. The van der Waals surface area contributed by atoms with E-state index in [9.17, 15) is 9.90 Å². The Morgan fingerprint density at radius 1 is 1.21 bits per heavy atom. The monoisotopic (exact) mass is 380 g/mol. The highest BCUT2D eigenvalue weighted by molar-refractivity contribution is 5.90. The summed E-state index contributed by atoms with van der Waals surface area (Å²) in [6, 6.07) is 12.7. The molecule has 0 N–H and O–H groups in total. The van der Waals surface area contributed by atoms with Gasteiger partial charge in [0.25, 0.3) is 0 Å². The largest absolute Gasteiger partial charge is 0.550 e. The molecule has 6 nitrogen and oxygen atoms in total. The van der Waals surface area contributed by atoms with Crippen molar-refractivity contribution in [3.63, 3.8) is 0 Å². The Bertz CT molecular complexity index is 970. The van der Waals surface area contributed by atoms with Crippen LogP contribution in [0.3, 0.4) is 0 Å². The predicted molar refractivity (Wildman–Crippen MR) is 105 cm³/mol. The van der Waals surface area contributed by atoms with Gasteiger partial charge in [-0.25, -0.2) is 4.98 Å². The second kappa shape index (κ2) is 8.61. The molecule has 0 atom stereocenters. The number of methoxy groups -OCH3 is 1. The lowest BCUT2D eigenvalue weighted by Gasteiger charge is -2.13. The SMILES string of the molecule is COc1cc(/C=C(\CC(=O)[O-])c2nc3ccccc3o2)ccc1OCC(C)C. The fraction of sp³-hybridized carbons (Fsp3) is 0.273. The van der Waals surface area contributed by atoms with Crippen LogP contribution in [0.25, 0.3) is 22.7 Å². The molecule has 0 unspecified atom stereocenters. The molecule has 0 amide bonds. The molecule has 0 aliphatic rings. The first-order valence-electron chi connectivity index (χ1n) is 9.03. The number of nitrogens with zero attached hydrogens (tertiary/aromatic N) is 1. The molecule has 3 aromatic rings. The molecule has 0 saturated carbocycles. The second-order valence-electron chi connectivity index (χ2n) is 6.82. The average Bonchev–Trinajstić information content (AvgIpc) is 3.10. The van der Waals surface area contributed by atoms with Crippen molar-refractivity contribution in [1.82, 2.24) is 4.98 Å². The van der Waals surface area contributed by atoms with Crippen LogP contribution in [0.1, 0.15) is 31.7 Å². The molecule has 0 radical (unpaired) electrons. The fourth-order valence-corrected chi connectivity index (χ4v) is 2.70. The number of ether oxygens (including phenoxy) is 2. The Morgan fingerprint density at radius 3 is 2.68 bits per heavy atom. The minimum atomic E-state index is -1.21. The summed E-state index contributed by atoms with van der Waals surface area (Å²) in [6.07, 6.45) is 1.38. The molecule has 0 aliphatic carbocycles. The number of rotatable bonds is 8. The van der Waals surface area contributed by atoms with E-state index < -0.39 is 5.97 Å². The Balaban J connectivity index is 1.96. The zero-order valence-electron chi connectivity index (χ0n) is 16.1. The Kier molecular flexibility index (Phi) is 5.99. The summed E-state index contributed by atoms with van der Waals surface area (Å²) < 4.78 is 16.9. The minimum absolute atomic E-state index is 0.254. The number of carbonyl (C=O) groups is 1. The Morgan fingerprint density at radius 2 is 2.00 bits per heavy atom. The highest BCUT2D eigenvalue weighted by atomic mass is 16.5. The quantitative estimate of drug-likeness (QED) is 0.594. The van der Waals surface area contributed by atoms with Crippen LogP contribution in [0.2, 0.25) is 0 Å². The second-order valence-corrected chi connectivity index (χ2v) is 6.82. The normalized spacial score (nSPS) is 11.8. The third-order valence-electron chi connectivity index (χ3n) is 4.00. The summed E-state index contributed by atoms with van der Waals surface area (Å²) in [6.45, 7) is 4.71. The van der Waals surface area contributed by atoms with Gasteiger partial charge in [-0.15, -0.1) is 0 Å². The molecule has 0 aliphatic heterocycles. The van der Waals surface area contributed by atoms with Gasteiger partial charge < -0.3 is 23.8 Å². The van der Waals surface area contributed by atoms with Crippen LogP contribution in [0.5, 0.6) is 11.5 Å². The average molecular weight is 380 g/mol. The molecular weight excluding hydrogens is 358 g/mol. The number of aromatic nitrogens is 1. The Labute approximate surface area is 163 Å². The molecule has 6 heteroatoms. The van der Waals surface area contributed by atoms with E-state index >= 15 is 0 Å². The first kappa shape index (κ1) is 19.5. The van der Waals surface area contributed by atoms with E-state index in [1.54, 1.807) is 31.4 Å². The van der Waals surface area contributed by atoms with E-state index in [1.807, 2.05) is 24.3 Å². The summed E-state index contributed by atoms with van der Waals surface area (Å²) in [4.78, 5) is 15.6. The van der Waals surface area contributed by atoms with E-state index in [0.717, 1.165) is 5.56 Å². The number of aliphatic carboxylic acids is 1. The molecule has 0 spiro atoms. The molecule has 146 valence electrons. The van der Waals surface area contributed by atoms with Crippen molar-refractivity contribution >= 4 is 28.7 Å². The fourth-order valence-electron chi connectivity index (χ4n) is 2.70. The highest BCUT2D eigenvalue weighted by Crippen LogP contribution is 2.31. The summed E-state index contributed by atoms with van der Waals surface area (Å²) in [5, 5.41) is 11.2. The number of oxazole rings is 1. The number of carboxylic acids is 1. The van der Waals surface area contributed by atoms with Crippen LogP contribution < -0.4 is 14.6 Å². The topological polar surface area (TPSA) is 84.6 Å². The minimum Gasteiger partial charge on any atom is -0.550 e. The van der Waals surface area contributed by atoms with Gasteiger partial charge in [-0.2, -0.15) is 0 Å². The number of carbonyl (C=O) groups excluding carboxylic acids is 1. The van der Waals surface area contributed by atoms with E-state index in [2.05, 4.69) is 18.8 Å². The Hall–Kier alpha value is -3.28. The number of hydrogen-bond donors (Lipinski definition) is 0. The maximum Gasteiger partial charge on any atom is 0.223 e. The van der Waals surface area contributed by atoms with Crippen LogP contribution in [0, 0.1) is 5.92 Å². The van der Waals surface area contributed by atoms with Gasteiger partial charge >= 0.3 is 0 Å². The number of fused-ring (bicyclic) bond motifs is 1.